The number of hydrogen-bond donors (Lipinski definition) is 6. The molecule has 6 N–H and O–H groups in total. The molecule has 0 saturated carbocycles. The van der Waals surface area contributed by atoms with Gasteiger partial charge in [-0.25, -0.2) is 9.37 Å². The largest absolute Gasteiger partial charge is 0.488 e. The molecular formula is C49H46N5O14+. The number of aromatic carboxylic acids is 1. The molecule has 350 valence electrons. The maximum absolute atomic E-state index is 14.0. The van der Waals surface area contributed by atoms with Gasteiger partial charge in [0.1, 0.15) is 75.3 Å². The number of rotatable bonds is 20. The molecule has 0 aromatic heterocycles. The van der Waals surface area contributed by atoms with E-state index in [-0.39, 0.29) is 52.9 Å². The number of nitrogens with one attached hydrogen (secondary N) is 1. The summed E-state index contributed by atoms with van der Waals surface area (Å²) in [7, 11) is 0. The van der Waals surface area contributed by atoms with Crippen LogP contribution in [0.4, 0.5) is 22.7 Å². The molecule has 3 heterocycles. The van der Waals surface area contributed by atoms with E-state index in [1.54, 1.807) is 18.2 Å². The van der Waals surface area contributed by atoms with Crippen LogP contribution in [0, 0.1) is 0 Å². The average molecular weight is 929 g/mol. The van der Waals surface area contributed by atoms with Gasteiger partial charge in [0, 0.05) is 64.7 Å². The Bertz CT molecular complexity index is 2980. The molecule has 4 aliphatic rings. The first-order valence-electron chi connectivity index (χ1n) is 21.6. The van der Waals surface area contributed by atoms with Crippen LogP contribution < -0.4 is 39.4 Å². The number of benzene rings is 5. The van der Waals surface area contributed by atoms with Crippen LogP contribution in [0.1, 0.15) is 33.6 Å². The fraction of sp³-hybridized carbons (Fsp3) is 0.245. The molecule has 4 aromatic carbocycles. The quantitative estimate of drug-likeness (QED) is 0.0336. The standard InChI is InChI=1S/C49H45N5O14/c55-43(56)25-53(26-44(57)58)37-5-1-2-6-39(37)66-19-20-67-42-22-30(8-14-38(42)54(27-45(59)60)28-46(61)62)50-48(63)29-7-11-33(36(21-29)49(64)65)47-34-12-9-31(51-15-3-16-51)23-40(34)68-41-24-32(10-13-35(41)47)52-17-4-18-52/h1-2,5-14,21-24H,3-4,15-20,25-28H2,(H5-,50,55,56,57,58,59,60,61,62,63,64,65)/p+1. The fourth-order valence-corrected chi connectivity index (χ4v) is 8.20. The Morgan fingerprint density at radius 2 is 1.28 bits per heavy atom. The number of aliphatic carboxylic acids is 4. The number of carboxylic acid groups (broad SMARTS) is 5. The zero-order valence-corrected chi connectivity index (χ0v) is 36.4. The van der Waals surface area contributed by atoms with Crippen LogP contribution in [-0.2, 0) is 19.2 Å². The minimum atomic E-state index is -1.33. The first-order valence-corrected chi connectivity index (χ1v) is 21.6. The molecule has 1 aliphatic carbocycles. The van der Waals surface area contributed by atoms with E-state index in [1.165, 1.54) is 42.5 Å². The first-order chi connectivity index (χ1) is 32.7. The summed E-state index contributed by atoms with van der Waals surface area (Å²) >= 11 is 0. The Balaban J connectivity index is 1.09. The highest BCUT2D eigenvalue weighted by Crippen LogP contribution is 2.43. The minimum absolute atomic E-state index is 0.00245. The van der Waals surface area contributed by atoms with Crippen LogP contribution in [0.15, 0.2) is 101 Å². The molecule has 0 radical (unpaired) electrons. The van der Waals surface area contributed by atoms with Crippen molar-refractivity contribution in [3.63, 3.8) is 0 Å². The summed E-state index contributed by atoms with van der Waals surface area (Å²) in [5.41, 5.74) is 3.48. The van der Waals surface area contributed by atoms with Crippen molar-refractivity contribution in [2.45, 2.75) is 12.8 Å². The number of carbonyl (C=O) groups excluding carboxylic acids is 1. The zero-order valence-electron chi connectivity index (χ0n) is 36.4. The van der Waals surface area contributed by atoms with E-state index in [2.05, 4.69) is 14.8 Å². The highest BCUT2D eigenvalue weighted by Gasteiger charge is 2.27. The van der Waals surface area contributed by atoms with Crippen molar-refractivity contribution in [2.75, 3.05) is 85.6 Å². The number of anilines is 4. The molecule has 19 nitrogen and oxygen atoms in total. The second kappa shape index (κ2) is 19.9. The highest BCUT2D eigenvalue weighted by molar-refractivity contribution is 6.11. The predicted molar refractivity (Wildman–Crippen MR) is 248 cm³/mol. The number of nitrogens with zero attached hydrogens (tertiary/aromatic N) is 4. The third-order valence-electron chi connectivity index (χ3n) is 11.6. The Hall–Kier alpha value is -8.61. The lowest BCUT2D eigenvalue weighted by Gasteiger charge is -2.33. The van der Waals surface area contributed by atoms with Gasteiger partial charge in [-0.1, -0.05) is 18.2 Å². The molecule has 3 aliphatic heterocycles. The van der Waals surface area contributed by atoms with Gasteiger partial charge in [-0.05, 0) is 66.6 Å². The maximum Gasteiger partial charge on any atom is 0.336 e. The Labute approximate surface area is 387 Å². The number of carboxylic acids is 5. The Kier molecular flexibility index (Phi) is 13.4. The van der Waals surface area contributed by atoms with Crippen LogP contribution in [0.3, 0.4) is 0 Å². The third-order valence-corrected chi connectivity index (χ3v) is 11.6. The molecule has 19 heteroatoms. The lowest BCUT2D eigenvalue weighted by molar-refractivity contribution is -0.138. The van der Waals surface area contributed by atoms with E-state index in [9.17, 15) is 54.3 Å². The number of para-hydroxylation sites is 2. The second-order valence-electron chi connectivity index (χ2n) is 16.2. The van der Waals surface area contributed by atoms with Gasteiger partial charge in [0.05, 0.1) is 29.4 Å². The van der Waals surface area contributed by atoms with Crippen molar-refractivity contribution in [1.29, 1.82) is 0 Å². The molecule has 0 bridgehead atoms. The van der Waals surface area contributed by atoms with Crippen LogP contribution in [0.5, 0.6) is 11.5 Å². The molecule has 0 unspecified atom stereocenters. The fourth-order valence-electron chi connectivity index (χ4n) is 8.20. The molecule has 68 heavy (non-hydrogen) atoms. The van der Waals surface area contributed by atoms with E-state index >= 15 is 0 Å². The number of fused-ring (bicyclic) bond motifs is 2. The van der Waals surface area contributed by atoms with Crippen LogP contribution in [-0.4, -0.2) is 127 Å². The number of ether oxygens (including phenoxy) is 2. The van der Waals surface area contributed by atoms with Gasteiger partial charge in [-0.3, -0.25) is 24.0 Å². The summed E-state index contributed by atoms with van der Waals surface area (Å²) in [6.45, 7) is 0.509. The normalized spacial score (nSPS) is 13.0. The minimum Gasteiger partial charge on any atom is -0.488 e. The Morgan fingerprint density at radius 3 is 1.88 bits per heavy atom. The zero-order chi connectivity index (χ0) is 48.1. The number of carbonyl (C=O) groups is 6. The number of amides is 1. The molecule has 1 amide bonds. The van der Waals surface area contributed by atoms with Gasteiger partial charge in [0.2, 0.25) is 5.36 Å². The van der Waals surface area contributed by atoms with E-state index in [1.807, 2.05) is 36.4 Å². The molecule has 0 atom stereocenters. The number of hydrogen-bond acceptors (Lipinski definition) is 12. The van der Waals surface area contributed by atoms with Crippen molar-refractivity contribution < 1.29 is 68.2 Å². The van der Waals surface area contributed by atoms with Crippen LogP contribution in [0.25, 0.3) is 33.4 Å². The Morgan fingerprint density at radius 1 is 0.647 bits per heavy atom. The average Bonchev–Trinajstić information content (AvgIpc) is 3.24. The van der Waals surface area contributed by atoms with Gasteiger partial charge in [-0.2, -0.15) is 0 Å². The van der Waals surface area contributed by atoms with Gasteiger partial charge < -0.3 is 59.4 Å². The lowest BCUT2D eigenvalue weighted by atomic mass is 9.89. The summed E-state index contributed by atoms with van der Waals surface area (Å²) in [6, 6.07) is 26.5. The third kappa shape index (κ3) is 10.3. The van der Waals surface area contributed by atoms with Gasteiger partial charge in [0.25, 0.3) is 5.91 Å². The van der Waals surface area contributed by atoms with Crippen molar-refractivity contribution >= 4 is 69.5 Å². The SMILES string of the molecule is O=C(O)CN(CC(=O)O)c1ccccc1OCCOc1cc(NC(=O)c2ccc(-c3c4ccc(=[N+]5CCC5)cc-4oc4cc(N5CCC5)ccc34)c(C(=O)O)c2)ccc1N(CC(=O)O)CC(=O)O. The topological polar surface area (TPSA) is 260 Å². The summed E-state index contributed by atoms with van der Waals surface area (Å²) < 4.78 is 20.6. The highest BCUT2D eigenvalue weighted by atomic mass is 16.5. The lowest BCUT2D eigenvalue weighted by Crippen LogP contribution is -2.40. The van der Waals surface area contributed by atoms with E-state index in [0.717, 1.165) is 59.9 Å². The monoisotopic (exact) mass is 928 g/mol. The van der Waals surface area contributed by atoms with Crippen molar-refractivity contribution in [3.05, 3.63) is 114 Å². The predicted octanol–water partition coefficient (Wildman–Crippen LogP) is 4.95. The smallest absolute Gasteiger partial charge is 0.336 e. The molecule has 4 aromatic rings. The van der Waals surface area contributed by atoms with Crippen LogP contribution >= 0.6 is 0 Å². The van der Waals surface area contributed by atoms with E-state index in [4.69, 9.17) is 13.9 Å². The van der Waals surface area contributed by atoms with Gasteiger partial charge in [-0.15, -0.1) is 0 Å². The summed E-state index contributed by atoms with van der Waals surface area (Å²) in [5, 5.41) is 53.1. The maximum atomic E-state index is 14.0. The van der Waals surface area contributed by atoms with Crippen molar-refractivity contribution in [1.82, 2.24) is 4.58 Å². The summed E-state index contributed by atoms with van der Waals surface area (Å²) in [4.78, 5) is 78.1. The summed E-state index contributed by atoms with van der Waals surface area (Å²) in [6.07, 6.45) is 2.17. The first kappa shape index (κ1) is 45.9. The molecular weight excluding hydrogens is 883 g/mol. The summed E-state index contributed by atoms with van der Waals surface area (Å²) in [5.74, 6) is -6.51. The molecule has 0 spiro atoms. The molecule has 2 fully saturated rings. The van der Waals surface area contributed by atoms with E-state index in [0.29, 0.717) is 33.4 Å². The van der Waals surface area contributed by atoms with Gasteiger partial charge in [0.15, 0.2) is 0 Å². The van der Waals surface area contributed by atoms with Gasteiger partial charge >= 0.3 is 29.8 Å². The second-order valence-corrected chi connectivity index (χ2v) is 16.2. The van der Waals surface area contributed by atoms with Crippen LogP contribution in [0.2, 0.25) is 0 Å². The van der Waals surface area contributed by atoms with E-state index < -0.39 is 61.9 Å². The van der Waals surface area contributed by atoms with Crippen molar-refractivity contribution in [2.24, 2.45) is 0 Å². The molecule has 2 saturated heterocycles. The van der Waals surface area contributed by atoms with Crippen molar-refractivity contribution in [3.8, 4) is 33.9 Å². The molecule has 8 rings (SSSR count).